The topological polar surface area (TPSA) is 66.9 Å². The zero-order chi connectivity index (χ0) is 17.8. The molecule has 0 fully saturated rings. The highest BCUT2D eigenvalue weighted by molar-refractivity contribution is 6.03. The average molecular weight is 332 g/mol. The minimum atomic E-state index is -0.268. The summed E-state index contributed by atoms with van der Waals surface area (Å²) in [5, 5.41) is 6.12. The molecule has 5 heteroatoms. The number of hydrogen-bond acceptors (Lipinski definition) is 4. The van der Waals surface area contributed by atoms with Crippen LogP contribution in [0.2, 0.25) is 0 Å². The van der Waals surface area contributed by atoms with Crippen LogP contribution in [-0.4, -0.2) is 15.9 Å². The molecule has 1 aromatic heterocycles. The molecule has 3 rings (SSSR count). The number of aryl methyl sites for hydroxylation is 3. The summed E-state index contributed by atoms with van der Waals surface area (Å²) in [6.07, 6.45) is 1.39. The second-order valence-corrected chi connectivity index (χ2v) is 6.00. The van der Waals surface area contributed by atoms with Gasteiger partial charge in [-0.15, -0.1) is 0 Å². The first-order chi connectivity index (χ1) is 12.0. The Morgan fingerprint density at radius 2 is 1.60 bits per heavy atom. The highest BCUT2D eigenvalue weighted by Crippen LogP contribution is 2.23. The summed E-state index contributed by atoms with van der Waals surface area (Å²) in [5.74, 6) is 0.317. The van der Waals surface area contributed by atoms with Crippen LogP contribution < -0.4 is 10.6 Å². The summed E-state index contributed by atoms with van der Waals surface area (Å²) in [5.41, 5.74) is 5.41. The van der Waals surface area contributed by atoms with E-state index in [0.717, 1.165) is 28.1 Å². The molecule has 3 aromatic rings. The van der Waals surface area contributed by atoms with E-state index in [0.29, 0.717) is 11.5 Å². The minimum Gasteiger partial charge on any atom is -0.340 e. The first-order valence-electron chi connectivity index (χ1n) is 8.06. The van der Waals surface area contributed by atoms with Crippen LogP contribution in [0.15, 0.2) is 54.9 Å². The van der Waals surface area contributed by atoms with E-state index >= 15 is 0 Å². The highest BCUT2D eigenvalue weighted by Gasteiger charge is 2.10. The Kier molecular flexibility index (Phi) is 4.75. The molecule has 0 saturated carbocycles. The zero-order valence-corrected chi connectivity index (χ0v) is 14.5. The Morgan fingerprint density at radius 3 is 2.28 bits per heavy atom. The lowest BCUT2D eigenvalue weighted by atomic mass is 10.1. The van der Waals surface area contributed by atoms with Crippen LogP contribution in [0, 0.1) is 20.8 Å². The van der Waals surface area contributed by atoms with Crippen LogP contribution in [0.5, 0.6) is 0 Å². The van der Waals surface area contributed by atoms with Crippen molar-refractivity contribution in [1.29, 1.82) is 0 Å². The third kappa shape index (κ3) is 4.01. The lowest BCUT2D eigenvalue weighted by molar-refractivity contribution is 0.102. The van der Waals surface area contributed by atoms with Gasteiger partial charge in [0.2, 0.25) is 0 Å². The van der Waals surface area contributed by atoms with Crippen molar-refractivity contribution in [2.24, 2.45) is 0 Å². The van der Waals surface area contributed by atoms with Gasteiger partial charge in [0.25, 0.3) is 5.91 Å². The summed E-state index contributed by atoms with van der Waals surface area (Å²) < 4.78 is 0. The van der Waals surface area contributed by atoms with Crippen LogP contribution in [-0.2, 0) is 0 Å². The van der Waals surface area contributed by atoms with Crippen molar-refractivity contribution < 1.29 is 4.79 Å². The lowest BCUT2D eigenvalue weighted by Crippen LogP contribution is -2.14. The predicted octanol–water partition coefficient (Wildman–Crippen LogP) is 4.40. The van der Waals surface area contributed by atoms with Gasteiger partial charge < -0.3 is 10.6 Å². The smallest absolute Gasteiger partial charge is 0.274 e. The fourth-order valence-electron chi connectivity index (χ4n) is 2.52. The van der Waals surface area contributed by atoms with Crippen molar-refractivity contribution in [2.75, 3.05) is 10.6 Å². The van der Waals surface area contributed by atoms with E-state index in [1.165, 1.54) is 6.33 Å². The molecule has 2 N–H and O–H groups in total. The van der Waals surface area contributed by atoms with Crippen LogP contribution in [0.4, 0.5) is 17.2 Å². The number of carbonyl (C=O) groups excluding carboxylic acids is 1. The Hall–Kier alpha value is -3.21. The largest absolute Gasteiger partial charge is 0.340 e. The Balaban J connectivity index is 1.79. The number of para-hydroxylation sites is 1. The number of benzene rings is 2. The van der Waals surface area contributed by atoms with E-state index in [4.69, 9.17) is 0 Å². The third-order valence-corrected chi connectivity index (χ3v) is 3.94. The molecule has 0 spiro atoms. The predicted molar refractivity (Wildman–Crippen MR) is 100 cm³/mol. The van der Waals surface area contributed by atoms with Gasteiger partial charge in [-0.05, 0) is 44.0 Å². The molecule has 5 nitrogen and oxygen atoms in total. The third-order valence-electron chi connectivity index (χ3n) is 3.94. The van der Waals surface area contributed by atoms with Crippen LogP contribution in [0.1, 0.15) is 27.2 Å². The molecule has 0 saturated heterocycles. The fourth-order valence-corrected chi connectivity index (χ4v) is 2.52. The number of aromatic nitrogens is 2. The van der Waals surface area contributed by atoms with Gasteiger partial charge in [0, 0.05) is 17.4 Å². The second-order valence-electron chi connectivity index (χ2n) is 6.00. The molecule has 0 aliphatic heterocycles. The molecule has 1 amide bonds. The normalized spacial score (nSPS) is 10.4. The van der Waals surface area contributed by atoms with Gasteiger partial charge in [0.05, 0.1) is 0 Å². The Morgan fingerprint density at radius 1 is 0.920 bits per heavy atom. The molecule has 25 heavy (non-hydrogen) atoms. The van der Waals surface area contributed by atoms with Crippen molar-refractivity contribution in [3.05, 3.63) is 77.2 Å². The molecule has 2 aromatic carbocycles. The van der Waals surface area contributed by atoms with E-state index in [9.17, 15) is 4.79 Å². The molecule has 0 unspecified atom stereocenters. The number of amides is 1. The Bertz CT molecular complexity index is 884. The maximum atomic E-state index is 12.4. The SMILES string of the molecule is Cc1ccc(NC(=O)c2cc(Nc3c(C)cccc3C)ncn2)cc1. The molecular formula is C20H20N4O. The molecule has 0 aliphatic rings. The molecule has 1 heterocycles. The lowest BCUT2D eigenvalue weighted by Gasteiger charge is -2.12. The molecule has 0 aliphatic carbocycles. The van der Waals surface area contributed by atoms with Crippen molar-refractivity contribution >= 4 is 23.1 Å². The van der Waals surface area contributed by atoms with Gasteiger partial charge in [-0.2, -0.15) is 0 Å². The maximum absolute atomic E-state index is 12.4. The van der Waals surface area contributed by atoms with Crippen LogP contribution in [0.3, 0.4) is 0 Å². The number of anilines is 3. The van der Waals surface area contributed by atoms with Gasteiger partial charge in [0.15, 0.2) is 0 Å². The minimum absolute atomic E-state index is 0.268. The first kappa shape index (κ1) is 16.6. The summed E-state index contributed by atoms with van der Waals surface area (Å²) in [7, 11) is 0. The van der Waals surface area contributed by atoms with Gasteiger partial charge in [-0.3, -0.25) is 4.79 Å². The van der Waals surface area contributed by atoms with Gasteiger partial charge in [-0.25, -0.2) is 9.97 Å². The van der Waals surface area contributed by atoms with Crippen LogP contribution in [0.25, 0.3) is 0 Å². The summed E-state index contributed by atoms with van der Waals surface area (Å²) >= 11 is 0. The van der Waals surface area contributed by atoms with E-state index in [2.05, 4.69) is 20.6 Å². The van der Waals surface area contributed by atoms with E-state index in [1.807, 2.05) is 63.2 Å². The molecular weight excluding hydrogens is 312 g/mol. The summed E-state index contributed by atoms with van der Waals surface area (Å²) in [6.45, 7) is 6.06. The van der Waals surface area contributed by atoms with Gasteiger partial charge in [-0.1, -0.05) is 35.9 Å². The highest BCUT2D eigenvalue weighted by atomic mass is 16.1. The first-order valence-corrected chi connectivity index (χ1v) is 8.06. The van der Waals surface area contributed by atoms with Gasteiger partial charge in [0.1, 0.15) is 17.8 Å². The zero-order valence-electron chi connectivity index (χ0n) is 14.5. The van der Waals surface area contributed by atoms with E-state index < -0.39 is 0 Å². The van der Waals surface area contributed by atoms with Crippen molar-refractivity contribution in [1.82, 2.24) is 9.97 Å². The number of nitrogens with one attached hydrogen (secondary N) is 2. The van der Waals surface area contributed by atoms with Crippen LogP contribution >= 0.6 is 0 Å². The monoisotopic (exact) mass is 332 g/mol. The number of hydrogen-bond donors (Lipinski definition) is 2. The molecule has 126 valence electrons. The molecule has 0 bridgehead atoms. The number of carbonyl (C=O) groups is 1. The van der Waals surface area contributed by atoms with E-state index in [1.54, 1.807) is 6.07 Å². The second kappa shape index (κ2) is 7.13. The standard InChI is InChI=1S/C20H20N4O/c1-13-7-9-16(10-8-13)23-20(25)17-11-18(22-12-21-17)24-19-14(2)5-4-6-15(19)3/h4-12H,1-3H3,(H,23,25)(H,21,22,24). The number of nitrogens with zero attached hydrogens (tertiary/aromatic N) is 2. The maximum Gasteiger partial charge on any atom is 0.274 e. The van der Waals surface area contributed by atoms with E-state index in [-0.39, 0.29) is 5.91 Å². The fraction of sp³-hybridized carbons (Fsp3) is 0.150. The van der Waals surface area contributed by atoms with Crippen molar-refractivity contribution in [2.45, 2.75) is 20.8 Å². The Labute approximate surface area is 147 Å². The number of rotatable bonds is 4. The van der Waals surface area contributed by atoms with Gasteiger partial charge >= 0.3 is 0 Å². The summed E-state index contributed by atoms with van der Waals surface area (Å²) in [6, 6.07) is 15.3. The average Bonchev–Trinajstić information content (AvgIpc) is 2.60. The molecule has 0 radical (unpaired) electrons. The summed E-state index contributed by atoms with van der Waals surface area (Å²) in [4.78, 5) is 20.7. The molecule has 0 atom stereocenters. The van der Waals surface area contributed by atoms with Crippen molar-refractivity contribution in [3.63, 3.8) is 0 Å². The quantitative estimate of drug-likeness (QED) is 0.743. The van der Waals surface area contributed by atoms with Crippen molar-refractivity contribution in [3.8, 4) is 0 Å².